The number of nitrogens with zero attached hydrogens (tertiary/aromatic N) is 2. The Morgan fingerprint density at radius 1 is 1.16 bits per heavy atom. The molecule has 3 unspecified atom stereocenters. The zero-order valence-electron chi connectivity index (χ0n) is 19.3. The highest BCUT2D eigenvalue weighted by atomic mass is 16.5. The van der Waals surface area contributed by atoms with Crippen LogP contribution in [0.2, 0.25) is 0 Å². The number of fused-ring (bicyclic) bond motifs is 3. The summed E-state index contributed by atoms with van der Waals surface area (Å²) in [7, 11) is 0. The van der Waals surface area contributed by atoms with Gasteiger partial charge in [-0.2, -0.15) is 0 Å². The van der Waals surface area contributed by atoms with Gasteiger partial charge in [0.1, 0.15) is 5.75 Å². The smallest absolute Gasteiger partial charge is 0.258 e. The fraction of sp³-hybridized carbons (Fsp3) is 0.640. The van der Waals surface area contributed by atoms with Crippen molar-refractivity contribution in [3.8, 4) is 5.75 Å². The highest BCUT2D eigenvalue weighted by Gasteiger charge is 2.51. The first-order valence-electron chi connectivity index (χ1n) is 11.8. The maximum absolute atomic E-state index is 13.3. The number of nitrogens with one attached hydrogen (secondary N) is 1. The number of benzene rings is 1. The van der Waals surface area contributed by atoms with E-state index in [1.807, 2.05) is 11.0 Å². The van der Waals surface area contributed by atoms with Crippen LogP contribution < -0.4 is 10.1 Å². The predicted octanol–water partition coefficient (Wildman–Crippen LogP) is 2.94. The summed E-state index contributed by atoms with van der Waals surface area (Å²) < 4.78 is 6.20. The summed E-state index contributed by atoms with van der Waals surface area (Å²) in [5.41, 5.74) is 0.0188. The van der Waals surface area contributed by atoms with Crippen LogP contribution in [0.3, 0.4) is 0 Å². The normalized spacial score (nSPS) is 33.4. The molecule has 7 heteroatoms. The Kier molecular flexibility index (Phi) is 4.80. The molecule has 32 heavy (non-hydrogen) atoms. The zero-order valence-corrected chi connectivity index (χ0v) is 19.3. The van der Waals surface area contributed by atoms with E-state index >= 15 is 0 Å². The summed E-state index contributed by atoms with van der Waals surface area (Å²) >= 11 is 0. The molecule has 1 saturated carbocycles. The highest BCUT2D eigenvalue weighted by molar-refractivity contribution is 5.98. The first-order chi connectivity index (χ1) is 15.1. The molecule has 2 saturated heterocycles. The van der Waals surface area contributed by atoms with E-state index < -0.39 is 5.72 Å². The summed E-state index contributed by atoms with van der Waals surface area (Å²) in [6.07, 6.45) is 4.30. The van der Waals surface area contributed by atoms with Crippen molar-refractivity contribution in [2.45, 2.75) is 71.1 Å². The topological polar surface area (TPSA) is 79.0 Å². The van der Waals surface area contributed by atoms with Crippen LogP contribution in [0, 0.1) is 10.8 Å². The van der Waals surface area contributed by atoms with Crippen molar-refractivity contribution in [2.24, 2.45) is 10.8 Å². The quantitative estimate of drug-likeness (QED) is 0.769. The zero-order chi connectivity index (χ0) is 22.7. The second kappa shape index (κ2) is 7.22. The lowest BCUT2D eigenvalue weighted by Gasteiger charge is -2.39. The van der Waals surface area contributed by atoms with E-state index in [1.165, 1.54) is 0 Å². The Balaban J connectivity index is 1.27. The minimum absolute atomic E-state index is 0.0414. The van der Waals surface area contributed by atoms with Gasteiger partial charge in [-0.3, -0.25) is 14.4 Å². The maximum atomic E-state index is 13.3. The molecule has 5 rings (SSSR count). The number of hydrogen-bond acceptors (Lipinski definition) is 4. The lowest BCUT2D eigenvalue weighted by atomic mass is 9.65. The van der Waals surface area contributed by atoms with Crippen molar-refractivity contribution >= 4 is 17.7 Å². The summed E-state index contributed by atoms with van der Waals surface area (Å²) in [5, 5.41) is 2.99. The molecule has 0 radical (unpaired) electrons. The Hall–Kier alpha value is -2.57. The van der Waals surface area contributed by atoms with Gasteiger partial charge in [-0.15, -0.1) is 0 Å². The van der Waals surface area contributed by atoms with Gasteiger partial charge in [0.2, 0.25) is 11.8 Å². The van der Waals surface area contributed by atoms with E-state index in [4.69, 9.17) is 4.74 Å². The molecule has 1 aliphatic carbocycles. The molecule has 3 amide bonds. The summed E-state index contributed by atoms with van der Waals surface area (Å²) in [6, 6.07) is 7.43. The second-order valence-corrected chi connectivity index (χ2v) is 11.3. The molecular weight excluding hydrogens is 406 g/mol. The van der Waals surface area contributed by atoms with E-state index in [2.05, 4.69) is 26.1 Å². The van der Waals surface area contributed by atoms with Gasteiger partial charge < -0.3 is 19.9 Å². The van der Waals surface area contributed by atoms with Gasteiger partial charge >= 0.3 is 0 Å². The lowest BCUT2D eigenvalue weighted by Crippen LogP contribution is -2.56. The third-order valence-corrected chi connectivity index (χ3v) is 7.72. The molecule has 2 bridgehead atoms. The predicted molar refractivity (Wildman–Crippen MR) is 119 cm³/mol. The van der Waals surface area contributed by atoms with E-state index in [1.54, 1.807) is 23.1 Å². The number of carbonyl (C=O) groups excluding carboxylic acids is 3. The van der Waals surface area contributed by atoms with Crippen LogP contribution >= 0.6 is 0 Å². The van der Waals surface area contributed by atoms with Gasteiger partial charge in [-0.25, -0.2) is 0 Å². The third kappa shape index (κ3) is 3.76. The molecule has 1 aromatic rings. The largest absolute Gasteiger partial charge is 0.467 e. The number of amides is 3. The number of hydrogen-bond donors (Lipinski definition) is 1. The van der Waals surface area contributed by atoms with Gasteiger partial charge in [0.15, 0.2) is 5.72 Å². The maximum Gasteiger partial charge on any atom is 0.258 e. The first kappa shape index (κ1) is 21.3. The number of carbonyl (C=O) groups is 3. The number of rotatable bonds is 2. The fourth-order valence-electron chi connectivity index (χ4n) is 6.69. The number of ether oxygens (including phenoxy) is 1. The summed E-state index contributed by atoms with van der Waals surface area (Å²) in [5.74, 6) is 0.359. The average molecular weight is 440 g/mol. The third-order valence-electron chi connectivity index (χ3n) is 7.72. The first-order valence-corrected chi connectivity index (χ1v) is 11.8. The Labute approximate surface area is 189 Å². The molecule has 3 heterocycles. The molecule has 1 N–H and O–H groups in total. The van der Waals surface area contributed by atoms with E-state index in [0.29, 0.717) is 30.7 Å². The van der Waals surface area contributed by atoms with Gasteiger partial charge in [0.05, 0.1) is 12.1 Å². The molecule has 3 aliphatic heterocycles. The molecule has 7 nitrogen and oxygen atoms in total. The summed E-state index contributed by atoms with van der Waals surface area (Å²) in [4.78, 5) is 42.5. The molecule has 1 aromatic carbocycles. The minimum Gasteiger partial charge on any atom is -0.467 e. The van der Waals surface area contributed by atoms with Crippen molar-refractivity contribution in [3.05, 3.63) is 29.8 Å². The van der Waals surface area contributed by atoms with Crippen LogP contribution in [-0.2, 0) is 9.59 Å². The van der Waals surface area contributed by atoms with Crippen LogP contribution in [0.4, 0.5) is 0 Å². The second-order valence-electron chi connectivity index (χ2n) is 11.3. The highest BCUT2D eigenvalue weighted by Crippen LogP contribution is 2.52. The molecule has 3 atom stereocenters. The monoisotopic (exact) mass is 439 g/mol. The van der Waals surface area contributed by atoms with Crippen molar-refractivity contribution in [3.63, 3.8) is 0 Å². The average Bonchev–Trinajstić information content (AvgIpc) is 2.89. The van der Waals surface area contributed by atoms with E-state index in [-0.39, 0.29) is 47.6 Å². The van der Waals surface area contributed by atoms with E-state index in [0.717, 1.165) is 25.8 Å². The van der Waals surface area contributed by atoms with Crippen molar-refractivity contribution in [2.75, 3.05) is 19.6 Å². The molecule has 0 aromatic heterocycles. The standard InChI is InChI=1S/C25H33N3O4/c1-23(2)12-17-13-24(3,15-23)16-28(17)21(30)14-27-11-10-25(9-8-20(27)29)26-22(31)18-6-4-5-7-19(18)32-25/h4-7,17H,8-16H2,1-3H3,(H,26,31). The van der Waals surface area contributed by atoms with Crippen molar-refractivity contribution in [1.29, 1.82) is 0 Å². The van der Waals surface area contributed by atoms with Crippen LogP contribution in [-0.4, -0.2) is 58.9 Å². The van der Waals surface area contributed by atoms with Gasteiger partial charge in [0.25, 0.3) is 5.91 Å². The summed E-state index contributed by atoms with van der Waals surface area (Å²) in [6.45, 7) is 8.14. The van der Waals surface area contributed by atoms with Crippen LogP contribution in [0.5, 0.6) is 5.75 Å². The molecule has 1 spiro atoms. The SMILES string of the molecule is CC1(C)CC2CC(C)(CN2C(=O)CN2CCC3(CCC2=O)NC(=O)c2ccccc2O3)C1. The van der Waals surface area contributed by atoms with Gasteiger partial charge in [-0.05, 0) is 42.2 Å². The Morgan fingerprint density at radius 2 is 1.94 bits per heavy atom. The van der Waals surface area contributed by atoms with E-state index in [9.17, 15) is 14.4 Å². The molecular formula is C25H33N3O4. The Morgan fingerprint density at radius 3 is 2.75 bits per heavy atom. The Bertz CT molecular complexity index is 976. The fourth-order valence-corrected chi connectivity index (χ4v) is 6.69. The number of likely N-dealkylation sites (tertiary alicyclic amines) is 2. The molecule has 4 aliphatic rings. The van der Waals surface area contributed by atoms with Crippen molar-refractivity contribution < 1.29 is 19.1 Å². The van der Waals surface area contributed by atoms with Crippen LogP contribution in [0.25, 0.3) is 0 Å². The lowest BCUT2D eigenvalue weighted by molar-refractivity contribution is -0.140. The van der Waals surface area contributed by atoms with Gasteiger partial charge in [0, 0.05) is 38.4 Å². The van der Waals surface area contributed by atoms with Crippen LogP contribution in [0.1, 0.15) is 69.7 Å². The van der Waals surface area contributed by atoms with Crippen LogP contribution in [0.15, 0.2) is 24.3 Å². The molecule has 172 valence electrons. The van der Waals surface area contributed by atoms with Gasteiger partial charge in [-0.1, -0.05) is 32.9 Å². The minimum atomic E-state index is -0.902. The number of para-hydroxylation sites is 1. The van der Waals surface area contributed by atoms with Crippen molar-refractivity contribution in [1.82, 2.24) is 15.1 Å². The molecule has 3 fully saturated rings.